The number of anilines is 2. The zero-order chi connectivity index (χ0) is 17.2. The number of aromatic nitrogens is 5. The van der Waals surface area contributed by atoms with Gasteiger partial charge in [-0.1, -0.05) is 30.3 Å². The van der Waals surface area contributed by atoms with Crippen LogP contribution in [-0.2, 0) is 7.05 Å². The molecule has 25 heavy (non-hydrogen) atoms. The van der Waals surface area contributed by atoms with Gasteiger partial charge in [-0.15, -0.1) is 11.3 Å². The topological polar surface area (TPSA) is 68.5 Å². The van der Waals surface area contributed by atoms with Gasteiger partial charge in [-0.2, -0.15) is 5.10 Å². The highest BCUT2D eigenvalue weighted by atomic mass is 32.1. The minimum Gasteiger partial charge on any atom is -0.309 e. The van der Waals surface area contributed by atoms with Crippen molar-refractivity contribution in [1.82, 2.24) is 24.7 Å². The van der Waals surface area contributed by atoms with Crippen LogP contribution < -0.4 is 5.32 Å². The second-order valence-corrected chi connectivity index (χ2v) is 6.45. The van der Waals surface area contributed by atoms with Gasteiger partial charge in [-0.3, -0.25) is 4.68 Å². The SMILES string of the molecule is Cc1cc(Nc2nccc(-c3nc(-c4ccccc4)cs3)n2)n(C)n1. The van der Waals surface area contributed by atoms with Crippen molar-refractivity contribution < 1.29 is 0 Å². The van der Waals surface area contributed by atoms with Crippen LogP contribution in [0.25, 0.3) is 22.0 Å². The van der Waals surface area contributed by atoms with Crippen molar-refractivity contribution in [3.63, 3.8) is 0 Å². The summed E-state index contributed by atoms with van der Waals surface area (Å²) >= 11 is 1.57. The summed E-state index contributed by atoms with van der Waals surface area (Å²) in [7, 11) is 1.88. The predicted molar refractivity (Wildman–Crippen MR) is 99.8 cm³/mol. The number of thiazole rings is 1. The standard InChI is InChI=1S/C18H16N6S/c1-12-10-16(24(2)23-12)22-18-19-9-8-14(21-18)17-20-15(11-25-17)13-6-4-3-5-7-13/h3-11H,1-2H3,(H,19,21,22). The van der Waals surface area contributed by atoms with Crippen molar-refractivity contribution in [2.24, 2.45) is 7.05 Å². The molecule has 0 saturated heterocycles. The molecule has 0 aliphatic carbocycles. The van der Waals surface area contributed by atoms with Crippen LogP contribution in [0.3, 0.4) is 0 Å². The van der Waals surface area contributed by atoms with Crippen LogP contribution in [0.1, 0.15) is 5.69 Å². The van der Waals surface area contributed by atoms with Crippen molar-refractivity contribution >= 4 is 23.1 Å². The average molecular weight is 348 g/mol. The van der Waals surface area contributed by atoms with E-state index < -0.39 is 0 Å². The molecular formula is C18H16N6S. The zero-order valence-electron chi connectivity index (χ0n) is 13.8. The molecular weight excluding hydrogens is 332 g/mol. The van der Waals surface area contributed by atoms with Crippen molar-refractivity contribution in [3.8, 4) is 22.0 Å². The van der Waals surface area contributed by atoms with Gasteiger partial charge < -0.3 is 5.32 Å². The molecule has 0 saturated carbocycles. The van der Waals surface area contributed by atoms with E-state index in [9.17, 15) is 0 Å². The van der Waals surface area contributed by atoms with E-state index in [1.807, 2.05) is 49.7 Å². The van der Waals surface area contributed by atoms with Gasteiger partial charge in [0.15, 0.2) is 0 Å². The van der Waals surface area contributed by atoms with Crippen LogP contribution in [0.4, 0.5) is 11.8 Å². The number of aryl methyl sites for hydroxylation is 2. The highest BCUT2D eigenvalue weighted by molar-refractivity contribution is 7.13. The Balaban J connectivity index is 1.61. The van der Waals surface area contributed by atoms with Gasteiger partial charge in [0.1, 0.15) is 16.5 Å². The Morgan fingerprint density at radius 1 is 1.04 bits per heavy atom. The third kappa shape index (κ3) is 3.27. The second-order valence-electron chi connectivity index (χ2n) is 5.59. The van der Waals surface area contributed by atoms with Gasteiger partial charge in [-0.25, -0.2) is 15.0 Å². The maximum absolute atomic E-state index is 4.70. The summed E-state index contributed by atoms with van der Waals surface area (Å²) in [4.78, 5) is 13.6. The van der Waals surface area contributed by atoms with Gasteiger partial charge in [0.25, 0.3) is 0 Å². The maximum Gasteiger partial charge on any atom is 0.228 e. The van der Waals surface area contributed by atoms with Gasteiger partial charge in [0, 0.05) is 30.3 Å². The Morgan fingerprint density at radius 2 is 1.88 bits per heavy atom. The molecule has 0 atom stereocenters. The van der Waals surface area contributed by atoms with Crippen molar-refractivity contribution in [3.05, 3.63) is 59.7 Å². The minimum atomic E-state index is 0.525. The molecule has 4 aromatic rings. The third-order valence-electron chi connectivity index (χ3n) is 3.69. The summed E-state index contributed by atoms with van der Waals surface area (Å²) in [6, 6.07) is 13.9. The lowest BCUT2D eigenvalue weighted by Gasteiger charge is -2.05. The Bertz CT molecular complexity index is 1010. The first-order valence-corrected chi connectivity index (χ1v) is 8.69. The summed E-state index contributed by atoms with van der Waals surface area (Å²) in [6.07, 6.45) is 1.73. The first-order chi connectivity index (χ1) is 12.2. The van der Waals surface area contributed by atoms with Crippen LogP contribution in [0, 0.1) is 6.92 Å². The Kier molecular flexibility index (Phi) is 3.99. The lowest BCUT2D eigenvalue weighted by atomic mass is 10.2. The van der Waals surface area contributed by atoms with Gasteiger partial charge in [0.05, 0.1) is 11.4 Å². The van der Waals surface area contributed by atoms with E-state index in [4.69, 9.17) is 4.98 Å². The van der Waals surface area contributed by atoms with Crippen LogP contribution in [0.2, 0.25) is 0 Å². The molecule has 1 N–H and O–H groups in total. The fraction of sp³-hybridized carbons (Fsp3) is 0.111. The van der Waals surface area contributed by atoms with E-state index in [2.05, 4.69) is 32.5 Å². The quantitative estimate of drug-likeness (QED) is 0.602. The van der Waals surface area contributed by atoms with Crippen LogP contribution in [-0.4, -0.2) is 24.7 Å². The Morgan fingerprint density at radius 3 is 2.64 bits per heavy atom. The molecule has 0 amide bonds. The highest BCUT2D eigenvalue weighted by Crippen LogP contribution is 2.28. The number of hydrogen-bond acceptors (Lipinski definition) is 6. The van der Waals surface area contributed by atoms with Crippen LogP contribution >= 0.6 is 11.3 Å². The monoisotopic (exact) mass is 348 g/mol. The molecule has 0 aliphatic rings. The fourth-order valence-corrected chi connectivity index (χ4v) is 3.31. The smallest absolute Gasteiger partial charge is 0.228 e. The summed E-state index contributed by atoms with van der Waals surface area (Å²) in [5.41, 5.74) is 3.79. The molecule has 4 rings (SSSR count). The van der Waals surface area contributed by atoms with Crippen molar-refractivity contribution in [2.75, 3.05) is 5.32 Å². The molecule has 1 aromatic carbocycles. The summed E-state index contributed by atoms with van der Waals surface area (Å²) in [5, 5.41) is 10.4. The maximum atomic E-state index is 4.70. The molecule has 7 heteroatoms. The number of nitrogens with one attached hydrogen (secondary N) is 1. The molecule has 0 radical (unpaired) electrons. The van der Waals surface area contributed by atoms with E-state index >= 15 is 0 Å². The number of nitrogens with zero attached hydrogens (tertiary/aromatic N) is 5. The first-order valence-electron chi connectivity index (χ1n) is 7.81. The van der Waals surface area contributed by atoms with E-state index in [0.717, 1.165) is 33.5 Å². The molecule has 0 fully saturated rings. The molecule has 0 unspecified atom stereocenters. The lowest BCUT2D eigenvalue weighted by Crippen LogP contribution is -2.02. The van der Waals surface area contributed by atoms with E-state index in [1.165, 1.54) is 0 Å². The predicted octanol–water partition coefficient (Wildman–Crippen LogP) is 4.05. The van der Waals surface area contributed by atoms with Crippen molar-refractivity contribution in [1.29, 1.82) is 0 Å². The molecule has 124 valence electrons. The number of hydrogen-bond donors (Lipinski definition) is 1. The van der Waals surface area contributed by atoms with Gasteiger partial charge >= 0.3 is 0 Å². The normalized spacial score (nSPS) is 10.8. The largest absolute Gasteiger partial charge is 0.309 e. The summed E-state index contributed by atoms with van der Waals surface area (Å²) < 4.78 is 1.77. The molecule has 3 aromatic heterocycles. The number of rotatable bonds is 4. The summed E-state index contributed by atoms with van der Waals surface area (Å²) in [5.74, 6) is 1.37. The van der Waals surface area contributed by atoms with Crippen LogP contribution in [0.5, 0.6) is 0 Å². The molecule has 0 aliphatic heterocycles. The average Bonchev–Trinajstić information content (AvgIpc) is 3.23. The Labute approximate surface area is 149 Å². The van der Waals surface area contributed by atoms with Gasteiger partial charge in [0.2, 0.25) is 5.95 Å². The van der Waals surface area contributed by atoms with E-state index in [-0.39, 0.29) is 0 Å². The fourth-order valence-electron chi connectivity index (χ4n) is 2.51. The first kappa shape index (κ1) is 15.5. The Hall–Kier alpha value is -3.06. The van der Waals surface area contributed by atoms with E-state index in [0.29, 0.717) is 5.95 Å². The second kappa shape index (κ2) is 6.45. The molecule has 3 heterocycles. The van der Waals surface area contributed by atoms with Gasteiger partial charge in [-0.05, 0) is 13.0 Å². The third-order valence-corrected chi connectivity index (χ3v) is 4.56. The van der Waals surface area contributed by atoms with Crippen molar-refractivity contribution in [2.45, 2.75) is 6.92 Å². The zero-order valence-corrected chi connectivity index (χ0v) is 14.7. The molecule has 0 spiro atoms. The summed E-state index contributed by atoms with van der Waals surface area (Å²) in [6.45, 7) is 1.95. The minimum absolute atomic E-state index is 0.525. The molecule has 6 nitrogen and oxygen atoms in total. The van der Waals surface area contributed by atoms with Crippen LogP contribution in [0.15, 0.2) is 54.0 Å². The number of benzene rings is 1. The van der Waals surface area contributed by atoms with E-state index in [1.54, 1.807) is 22.2 Å². The lowest BCUT2D eigenvalue weighted by molar-refractivity contribution is 0.763. The molecule has 0 bridgehead atoms. The highest BCUT2D eigenvalue weighted by Gasteiger charge is 2.10.